The van der Waals surface area contributed by atoms with Crippen molar-refractivity contribution >= 4 is 34.8 Å². The number of nitrogens with one attached hydrogen (secondary N) is 1. The molecule has 2 amide bonds. The molecule has 0 fully saturated rings. The van der Waals surface area contributed by atoms with Gasteiger partial charge < -0.3 is 5.32 Å². The number of halogens is 1. The third kappa shape index (κ3) is 3.91. The van der Waals surface area contributed by atoms with Crippen molar-refractivity contribution in [3.05, 3.63) is 69.9 Å². The van der Waals surface area contributed by atoms with Crippen LogP contribution in [0.1, 0.15) is 36.5 Å². The average Bonchev–Trinajstić information content (AvgIpc) is 2.86. The van der Waals surface area contributed by atoms with E-state index in [2.05, 4.69) is 12.2 Å². The van der Waals surface area contributed by atoms with E-state index in [1.807, 2.05) is 56.3 Å². The number of carbonyl (C=O) groups excluding carboxylic acids is 2. The minimum atomic E-state index is -0.502. The van der Waals surface area contributed by atoms with Crippen molar-refractivity contribution in [3.8, 4) is 0 Å². The number of rotatable bonds is 6. The molecule has 0 atom stereocenters. The molecular weight excluding hydrogens is 360 g/mol. The summed E-state index contributed by atoms with van der Waals surface area (Å²) in [4.78, 5) is 26.7. The van der Waals surface area contributed by atoms with Crippen LogP contribution in [0.3, 0.4) is 0 Å². The first-order chi connectivity index (χ1) is 12.9. The molecule has 0 spiro atoms. The number of nitrogens with zero attached hydrogens (tertiary/aromatic N) is 1. The second kappa shape index (κ2) is 7.97. The first-order valence-corrected chi connectivity index (χ1v) is 9.52. The van der Waals surface area contributed by atoms with Gasteiger partial charge in [-0.25, -0.2) is 4.90 Å². The summed E-state index contributed by atoms with van der Waals surface area (Å²) in [7, 11) is 0. The van der Waals surface area contributed by atoms with Gasteiger partial charge in [-0.3, -0.25) is 9.59 Å². The van der Waals surface area contributed by atoms with Gasteiger partial charge in [0.2, 0.25) is 0 Å². The normalized spacial score (nSPS) is 14.3. The van der Waals surface area contributed by atoms with Crippen molar-refractivity contribution in [1.29, 1.82) is 0 Å². The zero-order valence-electron chi connectivity index (χ0n) is 15.8. The zero-order chi connectivity index (χ0) is 19.6. The van der Waals surface area contributed by atoms with E-state index in [0.29, 0.717) is 5.69 Å². The Morgan fingerprint density at radius 2 is 1.70 bits per heavy atom. The number of carbonyl (C=O) groups is 2. The molecule has 1 heterocycles. The number of hydrogen-bond acceptors (Lipinski definition) is 3. The molecule has 0 saturated heterocycles. The number of imide groups is 1. The molecule has 2 aromatic rings. The molecule has 4 nitrogen and oxygen atoms in total. The van der Waals surface area contributed by atoms with Crippen LogP contribution in [0.2, 0.25) is 0 Å². The van der Waals surface area contributed by atoms with E-state index in [-0.39, 0.29) is 10.7 Å². The van der Waals surface area contributed by atoms with Gasteiger partial charge in [-0.1, -0.05) is 49.2 Å². The first-order valence-electron chi connectivity index (χ1n) is 9.14. The number of unbranched alkanes of at least 4 members (excludes halogenated alkanes) is 1. The molecule has 140 valence electrons. The molecule has 0 unspecified atom stereocenters. The lowest BCUT2D eigenvalue weighted by atomic mass is 10.1. The fourth-order valence-electron chi connectivity index (χ4n) is 3.07. The number of benzene rings is 2. The van der Waals surface area contributed by atoms with Crippen LogP contribution >= 0.6 is 11.6 Å². The highest BCUT2D eigenvalue weighted by atomic mass is 35.5. The monoisotopic (exact) mass is 382 g/mol. The Morgan fingerprint density at radius 3 is 2.37 bits per heavy atom. The zero-order valence-corrected chi connectivity index (χ0v) is 16.6. The molecule has 0 aliphatic carbocycles. The Balaban J connectivity index is 1.83. The maximum atomic E-state index is 12.9. The molecule has 1 aliphatic rings. The van der Waals surface area contributed by atoms with E-state index >= 15 is 0 Å². The van der Waals surface area contributed by atoms with Gasteiger partial charge in [-0.15, -0.1) is 0 Å². The molecule has 3 rings (SSSR count). The van der Waals surface area contributed by atoms with Gasteiger partial charge in [-0.05, 0) is 61.6 Å². The quantitative estimate of drug-likeness (QED) is 0.708. The molecule has 0 radical (unpaired) electrons. The topological polar surface area (TPSA) is 49.4 Å². The van der Waals surface area contributed by atoms with Crippen LogP contribution in [0.4, 0.5) is 11.4 Å². The van der Waals surface area contributed by atoms with Crippen LogP contribution in [0, 0.1) is 13.8 Å². The highest BCUT2D eigenvalue weighted by Gasteiger charge is 2.39. The Bertz CT molecular complexity index is 916. The third-order valence-corrected chi connectivity index (χ3v) is 5.03. The molecule has 0 saturated carbocycles. The molecule has 0 bridgehead atoms. The van der Waals surface area contributed by atoms with Gasteiger partial charge in [-0.2, -0.15) is 0 Å². The van der Waals surface area contributed by atoms with Gasteiger partial charge in [0.25, 0.3) is 11.8 Å². The van der Waals surface area contributed by atoms with Gasteiger partial charge in [0.15, 0.2) is 0 Å². The summed E-state index contributed by atoms with van der Waals surface area (Å²) < 4.78 is 0. The van der Waals surface area contributed by atoms with Crippen molar-refractivity contribution < 1.29 is 9.59 Å². The minimum absolute atomic E-state index is 0.0871. The standard InChI is InChI=1S/C22H23ClN2O2/c1-4-5-6-16-9-11-17(12-10-16)24-20-19(23)21(26)25(22(20)27)18-13-14(2)7-8-15(18)3/h7-13,24H,4-6H2,1-3H3. The van der Waals surface area contributed by atoms with Crippen LogP contribution in [0.5, 0.6) is 0 Å². The highest BCUT2D eigenvalue weighted by molar-refractivity contribution is 6.53. The molecule has 5 heteroatoms. The predicted octanol–water partition coefficient (Wildman–Crippen LogP) is 5.08. The van der Waals surface area contributed by atoms with Crippen molar-refractivity contribution in [2.45, 2.75) is 40.0 Å². The maximum Gasteiger partial charge on any atom is 0.283 e. The Labute approximate surface area is 164 Å². The van der Waals surface area contributed by atoms with Crippen LogP contribution in [-0.4, -0.2) is 11.8 Å². The van der Waals surface area contributed by atoms with Crippen molar-refractivity contribution in [2.75, 3.05) is 10.2 Å². The van der Waals surface area contributed by atoms with Gasteiger partial charge in [0, 0.05) is 5.69 Å². The molecule has 0 aromatic heterocycles. The largest absolute Gasteiger partial charge is 0.350 e. The first kappa shape index (κ1) is 19.2. The van der Waals surface area contributed by atoms with Gasteiger partial charge in [0.1, 0.15) is 10.7 Å². The third-order valence-electron chi connectivity index (χ3n) is 4.68. The molecule has 27 heavy (non-hydrogen) atoms. The fourth-order valence-corrected chi connectivity index (χ4v) is 3.28. The summed E-state index contributed by atoms with van der Waals surface area (Å²) in [6, 6.07) is 13.5. The van der Waals surface area contributed by atoms with E-state index < -0.39 is 11.8 Å². The Kier molecular flexibility index (Phi) is 5.66. The molecule has 1 aliphatic heterocycles. The Morgan fingerprint density at radius 1 is 1.00 bits per heavy atom. The number of aryl methyl sites for hydroxylation is 3. The lowest BCUT2D eigenvalue weighted by Gasteiger charge is -2.18. The average molecular weight is 383 g/mol. The predicted molar refractivity (Wildman–Crippen MR) is 110 cm³/mol. The maximum absolute atomic E-state index is 12.9. The summed E-state index contributed by atoms with van der Waals surface area (Å²) in [5.74, 6) is -0.939. The number of hydrogen-bond donors (Lipinski definition) is 1. The number of anilines is 2. The fraction of sp³-hybridized carbons (Fsp3) is 0.273. The van der Waals surface area contributed by atoms with Crippen LogP contribution in [-0.2, 0) is 16.0 Å². The summed E-state index contributed by atoms with van der Waals surface area (Å²) in [5.41, 5.74) is 4.46. The van der Waals surface area contributed by atoms with Gasteiger partial charge in [0.05, 0.1) is 5.69 Å². The summed E-state index contributed by atoms with van der Waals surface area (Å²) in [5, 5.41) is 2.94. The van der Waals surface area contributed by atoms with Gasteiger partial charge >= 0.3 is 0 Å². The molecule has 2 aromatic carbocycles. The van der Waals surface area contributed by atoms with E-state index in [9.17, 15) is 9.59 Å². The van der Waals surface area contributed by atoms with Crippen molar-refractivity contribution in [1.82, 2.24) is 0 Å². The minimum Gasteiger partial charge on any atom is -0.350 e. The second-order valence-corrected chi connectivity index (χ2v) is 7.23. The van der Waals surface area contributed by atoms with Crippen LogP contribution < -0.4 is 10.2 Å². The highest BCUT2D eigenvalue weighted by Crippen LogP contribution is 2.32. The van der Waals surface area contributed by atoms with Crippen LogP contribution in [0.15, 0.2) is 53.2 Å². The van der Waals surface area contributed by atoms with E-state index in [4.69, 9.17) is 11.6 Å². The van der Waals surface area contributed by atoms with Crippen molar-refractivity contribution in [2.24, 2.45) is 0 Å². The van der Waals surface area contributed by atoms with Crippen LogP contribution in [0.25, 0.3) is 0 Å². The van der Waals surface area contributed by atoms with Crippen molar-refractivity contribution in [3.63, 3.8) is 0 Å². The summed E-state index contributed by atoms with van der Waals surface area (Å²) >= 11 is 6.22. The molecule has 1 N–H and O–H groups in total. The SMILES string of the molecule is CCCCc1ccc(NC2=C(Cl)C(=O)N(c3cc(C)ccc3C)C2=O)cc1. The summed E-state index contributed by atoms with van der Waals surface area (Å²) in [6.07, 6.45) is 3.31. The second-order valence-electron chi connectivity index (χ2n) is 6.85. The number of amides is 2. The Hall–Kier alpha value is -2.59. The smallest absolute Gasteiger partial charge is 0.283 e. The lowest BCUT2D eigenvalue weighted by Crippen LogP contribution is -2.32. The lowest BCUT2D eigenvalue weighted by molar-refractivity contribution is -0.120. The van der Waals surface area contributed by atoms with E-state index in [0.717, 1.165) is 41.0 Å². The van der Waals surface area contributed by atoms with E-state index in [1.54, 1.807) is 0 Å². The van der Waals surface area contributed by atoms with E-state index in [1.165, 1.54) is 5.56 Å². The molecular formula is C22H23ClN2O2. The summed E-state index contributed by atoms with van der Waals surface area (Å²) in [6.45, 7) is 5.95.